The Hall–Kier alpha value is -3.06. The van der Waals surface area contributed by atoms with Crippen LogP contribution in [-0.4, -0.2) is 27.4 Å². The number of carbonyl (C=O) groups is 1. The van der Waals surface area contributed by atoms with E-state index in [2.05, 4.69) is 33.6 Å². The molecule has 33 heavy (non-hydrogen) atoms. The van der Waals surface area contributed by atoms with Crippen LogP contribution in [-0.2, 0) is 5.54 Å². The number of hydrogen-bond donors (Lipinski definition) is 2. The number of benzene rings is 1. The van der Waals surface area contributed by atoms with Crippen LogP contribution in [0.15, 0.2) is 42.6 Å². The average molecular weight is 464 g/mol. The summed E-state index contributed by atoms with van der Waals surface area (Å²) in [6.07, 6.45) is 2.65. The van der Waals surface area contributed by atoms with E-state index in [1.54, 1.807) is 0 Å². The highest BCUT2D eigenvalue weighted by Gasteiger charge is 2.58. The molecule has 1 aliphatic heterocycles. The van der Waals surface area contributed by atoms with Gasteiger partial charge in [-0.05, 0) is 61.6 Å². The molecule has 2 aliphatic carbocycles. The number of amides is 1. The smallest absolute Gasteiger partial charge is 0.252 e. The van der Waals surface area contributed by atoms with E-state index in [1.165, 1.54) is 24.3 Å². The number of halogens is 2. The van der Waals surface area contributed by atoms with Crippen LogP contribution in [0.25, 0.3) is 0 Å². The van der Waals surface area contributed by atoms with Gasteiger partial charge in [-0.2, -0.15) is 0 Å². The van der Waals surface area contributed by atoms with E-state index in [0.717, 1.165) is 35.6 Å². The summed E-state index contributed by atoms with van der Waals surface area (Å²) in [4.78, 5) is 26.7. The molecule has 2 N–H and O–H groups in total. The third kappa shape index (κ3) is 3.29. The van der Waals surface area contributed by atoms with Crippen molar-refractivity contribution in [2.24, 2.45) is 11.8 Å². The summed E-state index contributed by atoms with van der Waals surface area (Å²) in [5.74, 6) is 1.22. The van der Waals surface area contributed by atoms with Gasteiger partial charge in [-0.15, -0.1) is 0 Å². The number of carbonyl (C=O) groups excluding carboxylic acids is 1. The summed E-state index contributed by atoms with van der Waals surface area (Å²) < 4.78 is 13.3. The summed E-state index contributed by atoms with van der Waals surface area (Å²) in [6.45, 7) is 4.80. The van der Waals surface area contributed by atoms with Crippen LogP contribution in [0, 0.1) is 24.6 Å². The fraction of sp³-hybridized carbons (Fsp3) is 0.360. The minimum absolute atomic E-state index is 0.220. The maximum atomic E-state index is 13.3. The first-order valence-corrected chi connectivity index (χ1v) is 11.6. The molecule has 0 saturated heterocycles. The van der Waals surface area contributed by atoms with Gasteiger partial charge in [0.2, 0.25) is 0 Å². The first-order chi connectivity index (χ1) is 15.9. The first-order valence-electron chi connectivity index (χ1n) is 11.2. The Kier molecular flexibility index (Phi) is 4.49. The molecule has 3 aliphatic rings. The standard InChI is InChI=1S/C25H23ClFN5O/c1-12-9-25(12,32-24(33)14-3-5-15(27)6-4-14)19-8-7-18-22(31-19)21-16(10-29-18)20(21)17-11-28-13(2)30-23(17)26/h3-8,11-12,16,20-21,29H,9-10H2,1-2H3,(H,32,33)/t12-,16?,20?,21?,25-/m0/s1. The molecule has 2 aromatic heterocycles. The molecule has 3 unspecified atom stereocenters. The molecule has 2 saturated carbocycles. The van der Waals surface area contributed by atoms with Gasteiger partial charge < -0.3 is 10.6 Å². The van der Waals surface area contributed by atoms with Gasteiger partial charge in [-0.3, -0.25) is 9.78 Å². The lowest BCUT2D eigenvalue weighted by Crippen LogP contribution is -2.37. The molecule has 0 radical (unpaired) electrons. The quantitative estimate of drug-likeness (QED) is 0.554. The lowest BCUT2D eigenvalue weighted by Gasteiger charge is -2.22. The van der Waals surface area contributed by atoms with E-state index in [1.807, 2.05) is 19.2 Å². The topological polar surface area (TPSA) is 79.8 Å². The Balaban J connectivity index is 1.30. The molecule has 168 valence electrons. The van der Waals surface area contributed by atoms with Crippen molar-refractivity contribution in [2.75, 3.05) is 11.9 Å². The zero-order chi connectivity index (χ0) is 22.9. The van der Waals surface area contributed by atoms with Gasteiger partial charge in [0.15, 0.2) is 0 Å². The van der Waals surface area contributed by atoms with Crippen LogP contribution in [0.2, 0.25) is 5.15 Å². The van der Waals surface area contributed by atoms with E-state index < -0.39 is 5.54 Å². The van der Waals surface area contributed by atoms with Crippen LogP contribution in [0.4, 0.5) is 10.1 Å². The summed E-state index contributed by atoms with van der Waals surface area (Å²) in [5.41, 5.74) is 3.80. The maximum Gasteiger partial charge on any atom is 0.252 e. The molecule has 3 aromatic rings. The molecule has 1 amide bonds. The molecule has 3 heterocycles. The fourth-order valence-electron chi connectivity index (χ4n) is 5.35. The van der Waals surface area contributed by atoms with Gasteiger partial charge in [0.05, 0.1) is 22.6 Å². The van der Waals surface area contributed by atoms with Crippen molar-refractivity contribution in [3.05, 3.63) is 81.9 Å². The second-order valence-electron chi connectivity index (χ2n) is 9.43. The predicted molar refractivity (Wildman–Crippen MR) is 123 cm³/mol. The van der Waals surface area contributed by atoms with E-state index in [9.17, 15) is 9.18 Å². The molecule has 0 bridgehead atoms. The lowest BCUT2D eigenvalue weighted by atomic mass is 10.0. The Morgan fingerprint density at radius 2 is 1.94 bits per heavy atom. The summed E-state index contributed by atoms with van der Waals surface area (Å²) in [5, 5.41) is 7.19. The molecular formula is C25H23ClFN5O. The number of anilines is 1. The number of hydrogen-bond acceptors (Lipinski definition) is 5. The van der Waals surface area contributed by atoms with Crippen molar-refractivity contribution in [3.8, 4) is 0 Å². The highest BCUT2D eigenvalue weighted by molar-refractivity contribution is 6.30. The van der Waals surface area contributed by atoms with Crippen molar-refractivity contribution in [2.45, 2.75) is 37.6 Å². The minimum atomic E-state index is -0.511. The Labute approximate surface area is 196 Å². The Morgan fingerprint density at radius 3 is 2.64 bits per heavy atom. The normalized spacial score (nSPS) is 28.8. The maximum absolute atomic E-state index is 13.3. The number of pyridine rings is 1. The predicted octanol–water partition coefficient (Wildman–Crippen LogP) is 4.56. The third-order valence-electron chi connectivity index (χ3n) is 7.39. The van der Waals surface area contributed by atoms with Crippen molar-refractivity contribution >= 4 is 23.2 Å². The molecule has 6 rings (SSSR count). The van der Waals surface area contributed by atoms with Gasteiger partial charge >= 0.3 is 0 Å². The number of aryl methyl sites for hydroxylation is 1. The molecule has 6 nitrogen and oxygen atoms in total. The highest BCUT2D eigenvalue weighted by atomic mass is 35.5. The molecule has 5 atom stereocenters. The molecule has 8 heteroatoms. The fourth-order valence-corrected chi connectivity index (χ4v) is 5.65. The number of aromatic nitrogens is 3. The van der Waals surface area contributed by atoms with Crippen LogP contribution in [0.5, 0.6) is 0 Å². The van der Waals surface area contributed by atoms with Crippen LogP contribution in [0.3, 0.4) is 0 Å². The van der Waals surface area contributed by atoms with E-state index >= 15 is 0 Å². The number of nitrogens with zero attached hydrogens (tertiary/aromatic N) is 3. The zero-order valence-electron chi connectivity index (χ0n) is 18.3. The first kappa shape index (κ1) is 20.5. The lowest BCUT2D eigenvalue weighted by molar-refractivity contribution is 0.0926. The van der Waals surface area contributed by atoms with Gasteiger partial charge in [0.1, 0.15) is 16.8 Å². The van der Waals surface area contributed by atoms with Crippen LogP contribution < -0.4 is 10.6 Å². The van der Waals surface area contributed by atoms with Crippen LogP contribution >= 0.6 is 11.6 Å². The largest absolute Gasteiger partial charge is 0.383 e. The third-order valence-corrected chi connectivity index (χ3v) is 7.70. The van der Waals surface area contributed by atoms with Crippen molar-refractivity contribution in [1.82, 2.24) is 20.3 Å². The average Bonchev–Trinajstić information content (AvgIpc) is 3.69. The number of rotatable bonds is 4. The summed E-state index contributed by atoms with van der Waals surface area (Å²) in [7, 11) is 0. The van der Waals surface area contributed by atoms with Crippen molar-refractivity contribution < 1.29 is 9.18 Å². The highest BCUT2D eigenvalue weighted by Crippen LogP contribution is 2.64. The van der Waals surface area contributed by atoms with Crippen molar-refractivity contribution in [3.63, 3.8) is 0 Å². The molecule has 2 fully saturated rings. The molecular weight excluding hydrogens is 441 g/mol. The monoisotopic (exact) mass is 463 g/mol. The van der Waals surface area contributed by atoms with Gasteiger partial charge in [0.25, 0.3) is 5.91 Å². The Bertz CT molecular complexity index is 1280. The second-order valence-corrected chi connectivity index (χ2v) is 9.78. The van der Waals surface area contributed by atoms with E-state index in [4.69, 9.17) is 16.6 Å². The molecule has 1 aromatic carbocycles. The second kappa shape index (κ2) is 7.22. The number of nitrogens with one attached hydrogen (secondary N) is 2. The molecule has 0 spiro atoms. The SMILES string of the molecule is Cc1ncc(C2C3CNc4ccc([C@]5(NC(=O)c6ccc(F)cc6)C[C@@H]5C)nc4C32)c(Cl)n1. The summed E-state index contributed by atoms with van der Waals surface area (Å²) in [6, 6.07) is 9.67. The van der Waals surface area contributed by atoms with Gasteiger partial charge in [-0.25, -0.2) is 14.4 Å². The van der Waals surface area contributed by atoms with E-state index in [0.29, 0.717) is 22.5 Å². The number of fused-ring (bicyclic) bond motifs is 3. The van der Waals surface area contributed by atoms with Crippen molar-refractivity contribution in [1.29, 1.82) is 0 Å². The Morgan fingerprint density at radius 1 is 1.18 bits per heavy atom. The van der Waals surface area contributed by atoms with Crippen LogP contribution in [0.1, 0.15) is 58.3 Å². The van der Waals surface area contributed by atoms with E-state index in [-0.39, 0.29) is 29.5 Å². The minimum Gasteiger partial charge on any atom is -0.383 e. The zero-order valence-corrected chi connectivity index (χ0v) is 19.0. The van der Waals surface area contributed by atoms with Gasteiger partial charge in [-0.1, -0.05) is 18.5 Å². The van der Waals surface area contributed by atoms with Gasteiger partial charge in [0, 0.05) is 35.7 Å². The summed E-state index contributed by atoms with van der Waals surface area (Å²) >= 11 is 6.45.